The zero-order valence-electron chi connectivity index (χ0n) is 19.1. The van der Waals surface area contributed by atoms with Gasteiger partial charge in [-0.15, -0.1) is 10.2 Å². The molecule has 1 fully saturated rings. The van der Waals surface area contributed by atoms with E-state index in [1.165, 1.54) is 4.31 Å². The van der Waals surface area contributed by atoms with E-state index >= 15 is 0 Å². The maximum atomic E-state index is 12.9. The Hall–Kier alpha value is -2.64. The summed E-state index contributed by atoms with van der Waals surface area (Å²) in [6, 6.07) is 14.3. The van der Waals surface area contributed by atoms with Crippen LogP contribution < -0.4 is 19.1 Å². The van der Waals surface area contributed by atoms with E-state index in [4.69, 9.17) is 14.2 Å². The molecule has 0 N–H and O–H groups in total. The third kappa shape index (κ3) is 4.91. The molecule has 2 heterocycles. The van der Waals surface area contributed by atoms with Crippen LogP contribution in [0.3, 0.4) is 0 Å². The van der Waals surface area contributed by atoms with Crippen molar-refractivity contribution in [1.82, 2.24) is 14.5 Å². The molecule has 0 aliphatic carbocycles. The molecule has 0 radical (unpaired) electrons. The highest BCUT2D eigenvalue weighted by molar-refractivity contribution is 14.1. The predicted molar refractivity (Wildman–Crippen MR) is 137 cm³/mol. The summed E-state index contributed by atoms with van der Waals surface area (Å²) in [5.74, 6) is 2.28. The number of rotatable bonds is 7. The maximum Gasteiger partial charge on any atom is 0.243 e. The van der Waals surface area contributed by atoms with Gasteiger partial charge in [-0.25, -0.2) is 8.42 Å². The number of nitrogens with zero attached hydrogens (tertiary/aromatic N) is 4. The Bertz CT molecular complexity index is 1220. The van der Waals surface area contributed by atoms with Crippen molar-refractivity contribution in [3.63, 3.8) is 0 Å². The number of hydrogen-bond donors (Lipinski definition) is 0. The molecule has 1 saturated heterocycles. The summed E-state index contributed by atoms with van der Waals surface area (Å²) >= 11 is 2.16. The predicted octanol–water partition coefficient (Wildman–Crippen LogP) is 3.28. The van der Waals surface area contributed by atoms with Crippen molar-refractivity contribution >= 4 is 38.4 Å². The fourth-order valence-electron chi connectivity index (χ4n) is 3.79. The van der Waals surface area contributed by atoms with Crippen LogP contribution in [0.25, 0.3) is 11.3 Å². The van der Waals surface area contributed by atoms with E-state index in [0.29, 0.717) is 59.8 Å². The molecule has 34 heavy (non-hydrogen) atoms. The first-order valence-electron chi connectivity index (χ1n) is 10.5. The average Bonchev–Trinajstić information content (AvgIpc) is 2.88. The van der Waals surface area contributed by atoms with Crippen LogP contribution in [-0.4, -0.2) is 70.4 Å². The number of methoxy groups -OCH3 is 3. The maximum absolute atomic E-state index is 12.9. The van der Waals surface area contributed by atoms with E-state index < -0.39 is 10.0 Å². The van der Waals surface area contributed by atoms with Gasteiger partial charge in [-0.3, -0.25) is 0 Å². The molecule has 180 valence electrons. The van der Waals surface area contributed by atoms with Gasteiger partial charge in [0.2, 0.25) is 15.8 Å². The first-order valence-corrected chi connectivity index (χ1v) is 13.0. The van der Waals surface area contributed by atoms with Crippen molar-refractivity contribution in [1.29, 1.82) is 0 Å². The normalized spacial score (nSPS) is 14.6. The molecule has 2 aromatic carbocycles. The summed E-state index contributed by atoms with van der Waals surface area (Å²) in [6.45, 7) is 1.82. The molecule has 0 spiro atoms. The number of benzene rings is 2. The Kier molecular flexibility index (Phi) is 7.43. The minimum atomic E-state index is -3.51. The van der Waals surface area contributed by atoms with Crippen molar-refractivity contribution in [2.75, 3.05) is 52.4 Å². The van der Waals surface area contributed by atoms with Gasteiger partial charge in [0.15, 0.2) is 17.3 Å². The molecule has 1 aromatic heterocycles. The molecule has 1 aliphatic heterocycles. The van der Waals surface area contributed by atoms with E-state index in [1.54, 1.807) is 45.6 Å². The van der Waals surface area contributed by atoms with Crippen molar-refractivity contribution < 1.29 is 22.6 Å². The highest BCUT2D eigenvalue weighted by Gasteiger charge is 2.29. The topological polar surface area (TPSA) is 94.1 Å². The first kappa shape index (κ1) is 24.5. The molecule has 1 aliphatic rings. The molecule has 0 bridgehead atoms. The molecule has 0 atom stereocenters. The highest BCUT2D eigenvalue weighted by Crippen LogP contribution is 2.40. The van der Waals surface area contributed by atoms with Gasteiger partial charge >= 0.3 is 0 Å². The number of piperazine rings is 1. The minimum absolute atomic E-state index is 0.316. The lowest BCUT2D eigenvalue weighted by Gasteiger charge is -2.34. The fraction of sp³-hybridized carbons (Fsp3) is 0.304. The second-order valence-corrected chi connectivity index (χ2v) is 10.7. The van der Waals surface area contributed by atoms with Crippen molar-refractivity contribution in [3.05, 3.63) is 52.1 Å². The zero-order chi connectivity index (χ0) is 24.3. The lowest BCUT2D eigenvalue weighted by Crippen LogP contribution is -2.49. The van der Waals surface area contributed by atoms with Crippen LogP contribution in [0.4, 0.5) is 5.82 Å². The Morgan fingerprint density at radius 2 is 1.44 bits per heavy atom. The second-order valence-electron chi connectivity index (χ2n) is 7.54. The van der Waals surface area contributed by atoms with Gasteiger partial charge in [-0.2, -0.15) is 4.31 Å². The summed E-state index contributed by atoms with van der Waals surface area (Å²) in [5.41, 5.74) is 1.44. The number of anilines is 1. The fourth-order valence-corrected chi connectivity index (χ4v) is 5.57. The van der Waals surface area contributed by atoms with Crippen molar-refractivity contribution in [2.24, 2.45) is 0 Å². The minimum Gasteiger partial charge on any atom is -0.493 e. The Morgan fingerprint density at radius 1 is 0.824 bits per heavy atom. The van der Waals surface area contributed by atoms with Crippen LogP contribution in [0, 0.1) is 3.57 Å². The third-order valence-corrected chi connectivity index (χ3v) is 8.26. The van der Waals surface area contributed by atoms with E-state index in [9.17, 15) is 8.42 Å². The lowest BCUT2D eigenvalue weighted by molar-refractivity contribution is 0.324. The summed E-state index contributed by atoms with van der Waals surface area (Å²) in [7, 11) is 1.17. The Labute approximate surface area is 212 Å². The molecular formula is C23H25IN4O5S. The summed E-state index contributed by atoms with van der Waals surface area (Å²) < 4.78 is 44.6. The van der Waals surface area contributed by atoms with E-state index in [-0.39, 0.29) is 0 Å². The zero-order valence-corrected chi connectivity index (χ0v) is 22.0. The molecule has 11 heteroatoms. The Morgan fingerprint density at radius 3 is 1.94 bits per heavy atom. The van der Waals surface area contributed by atoms with Crippen molar-refractivity contribution in [3.8, 4) is 28.5 Å². The van der Waals surface area contributed by atoms with Crippen LogP contribution in [0.1, 0.15) is 0 Å². The molecule has 3 aromatic rings. The molecule has 4 rings (SSSR count). The first-order chi connectivity index (χ1) is 16.4. The highest BCUT2D eigenvalue weighted by atomic mass is 127. The molecular weight excluding hydrogens is 571 g/mol. The van der Waals surface area contributed by atoms with E-state index in [2.05, 4.69) is 32.8 Å². The lowest BCUT2D eigenvalue weighted by atomic mass is 10.1. The van der Waals surface area contributed by atoms with Gasteiger partial charge in [-0.1, -0.05) is 0 Å². The van der Waals surface area contributed by atoms with Crippen molar-refractivity contribution in [2.45, 2.75) is 4.90 Å². The molecule has 0 saturated carbocycles. The summed E-state index contributed by atoms with van der Waals surface area (Å²) in [4.78, 5) is 2.35. The number of ether oxygens (including phenoxy) is 3. The van der Waals surface area contributed by atoms with Crippen LogP contribution in [0.2, 0.25) is 0 Å². The quantitative estimate of drug-likeness (QED) is 0.384. The van der Waals surface area contributed by atoms with Gasteiger partial charge in [0, 0.05) is 35.3 Å². The Balaban J connectivity index is 1.47. The number of aromatic nitrogens is 2. The molecule has 9 nitrogen and oxygen atoms in total. The van der Waals surface area contributed by atoms with Gasteiger partial charge < -0.3 is 19.1 Å². The van der Waals surface area contributed by atoms with Crippen LogP contribution in [0.5, 0.6) is 17.2 Å². The van der Waals surface area contributed by atoms with Gasteiger partial charge in [0.25, 0.3) is 0 Å². The average molecular weight is 596 g/mol. The van der Waals surface area contributed by atoms with Gasteiger partial charge in [0.1, 0.15) is 0 Å². The molecule has 0 unspecified atom stereocenters. The largest absolute Gasteiger partial charge is 0.493 e. The van der Waals surface area contributed by atoms with Crippen LogP contribution in [-0.2, 0) is 10.0 Å². The number of halogens is 1. The third-order valence-electron chi connectivity index (χ3n) is 5.63. The van der Waals surface area contributed by atoms with Crippen LogP contribution >= 0.6 is 22.6 Å². The van der Waals surface area contributed by atoms with E-state index in [1.807, 2.05) is 29.2 Å². The van der Waals surface area contributed by atoms with Crippen LogP contribution in [0.15, 0.2) is 53.4 Å². The monoisotopic (exact) mass is 596 g/mol. The smallest absolute Gasteiger partial charge is 0.243 e. The van der Waals surface area contributed by atoms with Gasteiger partial charge in [0.05, 0.1) is 31.9 Å². The second kappa shape index (κ2) is 10.3. The van der Waals surface area contributed by atoms with Gasteiger partial charge in [-0.05, 0) is 71.1 Å². The molecule has 0 amide bonds. The number of hydrogen-bond acceptors (Lipinski definition) is 8. The van der Waals surface area contributed by atoms with E-state index in [0.717, 1.165) is 9.13 Å². The summed E-state index contributed by atoms with van der Waals surface area (Å²) in [5, 5.41) is 8.76. The standard InChI is InChI=1S/C23H25IN4O5S/c1-31-20-14-16(15-21(32-2)23(20)33-3)19-8-9-22(26-25-19)27-10-12-28(13-11-27)34(29,30)18-6-4-17(24)5-7-18/h4-9,14-15H,10-13H2,1-3H3. The number of sulfonamides is 1. The summed E-state index contributed by atoms with van der Waals surface area (Å²) in [6.07, 6.45) is 0. The SMILES string of the molecule is COc1cc(-c2ccc(N3CCN(S(=O)(=O)c4ccc(I)cc4)CC3)nn2)cc(OC)c1OC.